The second kappa shape index (κ2) is 5.20. The van der Waals surface area contributed by atoms with E-state index >= 15 is 0 Å². The number of nitrogens with two attached hydrogens (primary N) is 1. The molecular weight excluding hydrogens is 260 g/mol. The maximum atomic E-state index is 6.01. The Morgan fingerprint density at radius 3 is 2.38 bits per heavy atom. The van der Waals surface area contributed by atoms with Crippen molar-refractivity contribution >= 4 is 16.9 Å². The Balaban J connectivity index is 2.08. The zero-order valence-corrected chi connectivity index (χ0v) is 12.7. The molecule has 0 unspecified atom stereocenters. The van der Waals surface area contributed by atoms with E-state index in [4.69, 9.17) is 5.73 Å². The highest BCUT2D eigenvalue weighted by molar-refractivity contribution is 5.90. The maximum absolute atomic E-state index is 6.01. The maximum Gasteiger partial charge on any atom is 0.146 e. The Hall–Kier alpha value is -2.36. The van der Waals surface area contributed by atoms with Crippen LogP contribution in [0.25, 0.3) is 11.0 Å². The molecule has 0 spiro atoms. The second-order valence-electron chi connectivity index (χ2n) is 5.42. The normalized spacial score (nSPS) is 11.2. The number of rotatable bonds is 3. The van der Waals surface area contributed by atoms with Crippen molar-refractivity contribution in [3.05, 3.63) is 53.0 Å². The summed E-state index contributed by atoms with van der Waals surface area (Å²) in [6, 6.07) is 8.74. The molecule has 0 saturated heterocycles. The van der Waals surface area contributed by atoms with Gasteiger partial charge in [0.1, 0.15) is 17.8 Å². The van der Waals surface area contributed by atoms with Gasteiger partial charge in [0, 0.05) is 12.2 Å². The lowest BCUT2D eigenvalue weighted by Crippen LogP contribution is -2.03. The van der Waals surface area contributed by atoms with Gasteiger partial charge in [0.2, 0.25) is 0 Å². The van der Waals surface area contributed by atoms with E-state index in [1.807, 2.05) is 0 Å². The van der Waals surface area contributed by atoms with Crippen LogP contribution >= 0.6 is 0 Å². The first kappa shape index (κ1) is 13.6. The van der Waals surface area contributed by atoms with Crippen molar-refractivity contribution in [2.45, 2.75) is 33.7 Å². The Morgan fingerprint density at radius 1 is 1.05 bits per heavy atom. The fourth-order valence-corrected chi connectivity index (χ4v) is 2.75. The number of anilines is 1. The van der Waals surface area contributed by atoms with Gasteiger partial charge in [-0.2, -0.15) is 0 Å². The van der Waals surface area contributed by atoms with Gasteiger partial charge < -0.3 is 10.3 Å². The summed E-state index contributed by atoms with van der Waals surface area (Å²) in [5, 5.41) is 0.972. The number of aryl methyl sites for hydroxylation is 2. The van der Waals surface area contributed by atoms with Crippen molar-refractivity contribution in [1.29, 1.82) is 0 Å². The zero-order chi connectivity index (χ0) is 15.0. The van der Waals surface area contributed by atoms with Crippen molar-refractivity contribution in [1.82, 2.24) is 14.5 Å². The third-order valence-electron chi connectivity index (χ3n) is 4.21. The summed E-state index contributed by atoms with van der Waals surface area (Å²) in [4.78, 5) is 8.53. The molecule has 2 aromatic heterocycles. The summed E-state index contributed by atoms with van der Waals surface area (Å²) in [6.45, 7) is 7.16. The molecule has 0 amide bonds. The van der Waals surface area contributed by atoms with Crippen LogP contribution in [-0.4, -0.2) is 14.5 Å². The van der Waals surface area contributed by atoms with E-state index in [2.05, 4.69) is 59.6 Å². The molecule has 3 rings (SSSR count). The van der Waals surface area contributed by atoms with Crippen LogP contribution in [-0.2, 0) is 13.0 Å². The van der Waals surface area contributed by atoms with Crippen LogP contribution in [0.4, 0.5) is 5.82 Å². The molecule has 0 bridgehead atoms. The Bertz CT molecular complexity index is 785. The van der Waals surface area contributed by atoms with Crippen LogP contribution in [0.3, 0.4) is 0 Å². The summed E-state index contributed by atoms with van der Waals surface area (Å²) < 4.78 is 2.21. The smallest absolute Gasteiger partial charge is 0.146 e. The highest BCUT2D eigenvalue weighted by Gasteiger charge is 2.15. The van der Waals surface area contributed by atoms with Crippen LogP contribution in [0.5, 0.6) is 0 Å². The van der Waals surface area contributed by atoms with E-state index in [1.165, 1.54) is 23.1 Å². The van der Waals surface area contributed by atoms with Crippen molar-refractivity contribution in [2.75, 3.05) is 5.73 Å². The molecule has 0 radical (unpaired) electrons. The van der Waals surface area contributed by atoms with Gasteiger partial charge in [-0.05, 0) is 37.0 Å². The van der Waals surface area contributed by atoms with Gasteiger partial charge in [0.05, 0.1) is 5.39 Å². The largest absolute Gasteiger partial charge is 0.383 e. The molecule has 1 aromatic carbocycles. The second-order valence-corrected chi connectivity index (χ2v) is 5.42. The molecule has 2 N–H and O–H groups in total. The number of nitrogens with zero attached hydrogens (tertiary/aromatic N) is 3. The lowest BCUT2D eigenvalue weighted by Gasteiger charge is -2.08. The van der Waals surface area contributed by atoms with E-state index < -0.39 is 0 Å². The number of hydrogen-bond acceptors (Lipinski definition) is 3. The average molecular weight is 280 g/mol. The summed E-state index contributed by atoms with van der Waals surface area (Å²) in [5.41, 5.74) is 11.9. The minimum atomic E-state index is 0.556. The monoisotopic (exact) mass is 280 g/mol. The fraction of sp³-hybridized carbons (Fsp3) is 0.294. The van der Waals surface area contributed by atoms with Gasteiger partial charge in [0.25, 0.3) is 0 Å². The van der Waals surface area contributed by atoms with E-state index in [9.17, 15) is 0 Å². The van der Waals surface area contributed by atoms with Gasteiger partial charge in [0.15, 0.2) is 0 Å². The summed E-state index contributed by atoms with van der Waals surface area (Å²) in [5.74, 6) is 0.556. The third-order valence-corrected chi connectivity index (χ3v) is 4.21. The molecule has 0 aliphatic carbocycles. The van der Waals surface area contributed by atoms with Crippen LogP contribution in [0.1, 0.15) is 29.3 Å². The lowest BCUT2D eigenvalue weighted by atomic mass is 10.1. The van der Waals surface area contributed by atoms with Gasteiger partial charge in [-0.3, -0.25) is 0 Å². The average Bonchev–Trinajstić information content (AvgIpc) is 2.74. The number of fused-ring (bicyclic) bond motifs is 1. The minimum absolute atomic E-state index is 0.556. The van der Waals surface area contributed by atoms with E-state index in [0.29, 0.717) is 5.82 Å². The number of nitrogen functional groups attached to an aromatic ring is 1. The standard InChI is InChI=1S/C17H20N4/c1-4-13-5-7-14(8-6-13)9-21-12(3)11(2)15-16(18)19-10-20-17(15)21/h5-8,10H,4,9H2,1-3H3,(H2,18,19,20). The Labute approximate surface area is 124 Å². The van der Waals surface area contributed by atoms with Crippen molar-refractivity contribution in [2.24, 2.45) is 0 Å². The van der Waals surface area contributed by atoms with E-state index in [0.717, 1.165) is 29.6 Å². The first-order valence-corrected chi connectivity index (χ1v) is 7.25. The Morgan fingerprint density at radius 2 is 1.71 bits per heavy atom. The minimum Gasteiger partial charge on any atom is -0.383 e. The number of benzene rings is 1. The third kappa shape index (κ3) is 2.27. The highest BCUT2D eigenvalue weighted by atomic mass is 15.1. The first-order chi connectivity index (χ1) is 10.1. The summed E-state index contributed by atoms with van der Waals surface area (Å²) in [6.07, 6.45) is 2.60. The molecule has 21 heavy (non-hydrogen) atoms. The molecule has 2 heterocycles. The van der Waals surface area contributed by atoms with Gasteiger partial charge >= 0.3 is 0 Å². The van der Waals surface area contributed by atoms with Gasteiger partial charge in [-0.1, -0.05) is 31.2 Å². The fourth-order valence-electron chi connectivity index (χ4n) is 2.75. The molecule has 0 aliphatic heterocycles. The molecule has 0 fully saturated rings. The summed E-state index contributed by atoms with van der Waals surface area (Å²) in [7, 11) is 0. The Kier molecular flexibility index (Phi) is 3.37. The molecule has 3 aromatic rings. The van der Waals surface area contributed by atoms with Crippen LogP contribution in [0, 0.1) is 13.8 Å². The molecule has 108 valence electrons. The van der Waals surface area contributed by atoms with E-state index in [-0.39, 0.29) is 0 Å². The van der Waals surface area contributed by atoms with Crippen molar-refractivity contribution < 1.29 is 0 Å². The molecule has 4 nitrogen and oxygen atoms in total. The number of aromatic nitrogens is 3. The van der Waals surface area contributed by atoms with E-state index in [1.54, 1.807) is 0 Å². The predicted octanol–water partition coefficient (Wildman–Crippen LogP) is 3.24. The van der Waals surface area contributed by atoms with Gasteiger partial charge in [-0.15, -0.1) is 0 Å². The molecule has 0 aliphatic rings. The topological polar surface area (TPSA) is 56.7 Å². The SMILES string of the molecule is CCc1ccc(Cn2c(C)c(C)c3c(N)ncnc32)cc1. The first-order valence-electron chi connectivity index (χ1n) is 7.25. The molecular formula is C17H20N4. The molecule has 0 atom stereocenters. The van der Waals surface area contributed by atoms with Crippen LogP contribution < -0.4 is 5.73 Å². The number of hydrogen-bond donors (Lipinski definition) is 1. The summed E-state index contributed by atoms with van der Waals surface area (Å²) >= 11 is 0. The molecule has 4 heteroatoms. The van der Waals surface area contributed by atoms with Crippen LogP contribution in [0.2, 0.25) is 0 Å². The van der Waals surface area contributed by atoms with Crippen molar-refractivity contribution in [3.8, 4) is 0 Å². The predicted molar refractivity (Wildman–Crippen MR) is 86.3 cm³/mol. The lowest BCUT2D eigenvalue weighted by molar-refractivity contribution is 0.789. The quantitative estimate of drug-likeness (QED) is 0.801. The molecule has 0 saturated carbocycles. The van der Waals surface area contributed by atoms with Crippen molar-refractivity contribution in [3.63, 3.8) is 0 Å². The highest BCUT2D eigenvalue weighted by Crippen LogP contribution is 2.27. The van der Waals surface area contributed by atoms with Gasteiger partial charge in [-0.25, -0.2) is 9.97 Å². The zero-order valence-electron chi connectivity index (χ0n) is 12.7. The van der Waals surface area contributed by atoms with Crippen LogP contribution in [0.15, 0.2) is 30.6 Å².